The molecule has 0 bridgehead atoms. The first kappa shape index (κ1) is 20.5. The molecule has 0 radical (unpaired) electrons. The summed E-state index contributed by atoms with van der Waals surface area (Å²) in [5, 5.41) is 15.4. The molecule has 5 rings (SSSR count). The Hall–Kier alpha value is -3.42. The molecule has 1 aliphatic heterocycles. The maximum Gasteiger partial charge on any atom is 0.121 e. The minimum Gasteiger partial charge on any atom is -0.497 e. The Balaban J connectivity index is 1.63. The van der Waals surface area contributed by atoms with Crippen LogP contribution in [0.15, 0.2) is 55.0 Å². The third kappa shape index (κ3) is 3.70. The molecule has 7 nitrogen and oxygen atoms in total. The highest BCUT2D eigenvalue weighted by atomic mass is 16.5. The lowest BCUT2D eigenvalue weighted by Gasteiger charge is -2.26. The van der Waals surface area contributed by atoms with Gasteiger partial charge in [0.2, 0.25) is 0 Å². The normalized spacial score (nSPS) is 14.4. The zero-order valence-electron chi connectivity index (χ0n) is 18.6. The second-order valence-corrected chi connectivity index (χ2v) is 8.34. The summed E-state index contributed by atoms with van der Waals surface area (Å²) < 4.78 is 7.34. The number of aryl methyl sites for hydroxylation is 1. The minimum absolute atomic E-state index is 0.0165. The van der Waals surface area contributed by atoms with E-state index < -0.39 is 0 Å². The number of aromatic nitrogens is 3. The molecule has 4 aromatic rings. The standard InChI is InChI=1S/C25H27N5O2/c1-28-6-7-30(25-11-22(32-3)10-19(16-31)23(25)15-28)21-4-5-24-17(9-21)8-18(12-26-24)20-13-27-29(2)14-20/h4-5,8-14,31H,6-7,15-16H2,1-3H3. The van der Waals surface area contributed by atoms with Crippen molar-refractivity contribution in [2.75, 3.05) is 32.1 Å². The molecule has 3 heterocycles. The van der Waals surface area contributed by atoms with Crippen LogP contribution in [0.1, 0.15) is 11.1 Å². The number of hydrogen-bond acceptors (Lipinski definition) is 6. The number of anilines is 2. The van der Waals surface area contributed by atoms with E-state index in [9.17, 15) is 5.11 Å². The Kier molecular flexibility index (Phi) is 5.28. The van der Waals surface area contributed by atoms with Gasteiger partial charge in [-0.05, 0) is 48.5 Å². The fourth-order valence-corrected chi connectivity index (χ4v) is 4.39. The van der Waals surface area contributed by atoms with E-state index in [1.807, 2.05) is 31.7 Å². The number of aliphatic hydroxyl groups excluding tert-OH is 1. The first-order valence-electron chi connectivity index (χ1n) is 10.7. The van der Waals surface area contributed by atoms with E-state index in [4.69, 9.17) is 4.74 Å². The summed E-state index contributed by atoms with van der Waals surface area (Å²) in [5.74, 6) is 0.753. The van der Waals surface area contributed by atoms with Gasteiger partial charge in [0, 0.05) is 73.0 Å². The zero-order chi connectivity index (χ0) is 22.2. The molecule has 164 valence electrons. The molecule has 0 saturated heterocycles. The number of ether oxygens (including phenoxy) is 1. The molecule has 0 spiro atoms. The predicted molar refractivity (Wildman–Crippen MR) is 126 cm³/mol. The van der Waals surface area contributed by atoms with E-state index in [1.54, 1.807) is 11.8 Å². The Bertz CT molecular complexity index is 1280. The average molecular weight is 430 g/mol. The molecule has 7 heteroatoms. The van der Waals surface area contributed by atoms with Crippen molar-refractivity contribution in [2.24, 2.45) is 7.05 Å². The van der Waals surface area contributed by atoms with Crippen molar-refractivity contribution in [3.63, 3.8) is 0 Å². The Morgan fingerprint density at radius 3 is 2.66 bits per heavy atom. The van der Waals surface area contributed by atoms with Crippen molar-refractivity contribution in [3.05, 3.63) is 66.1 Å². The monoisotopic (exact) mass is 429 g/mol. The highest BCUT2D eigenvalue weighted by molar-refractivity contribution is 5.87. The van der Waals surface area contributed by atoms with Gasteiger partial charge in [-0.3, -0.25) is 9.67 Å². The lowest BCUT2D eigenvalue weighted by molar-refractivity contribution is 0.276. The molecule has 0 fully saturated rings. The van der Waals surface area contributed by atoms with Crippen molar-refractivity contribution in [3.8, 4) is 16.9 Å². The SMILES string of the molecule is COc1cc(CO)c2c(c1)N(c1ccc3ncc(-c4cnn(C)c4)cc3c1)CCN(C)C2. The predicted octanol–water partition coefficient (Wildman–Crippen LogP) is 3.72. The Labute approximate surface area is 187 Å². The van der Waals surface area contributed by atoms with Crippen LogP contribution in [0.3, 0.4) is 0 Å². The van der Waals surface area contributed by atoms with Crippen LogP contribution in [0.5, 0.6) is 5.75 Å². The second kappa shape index (κ2) is 8.26. The number of aliphatic hydroxyl groups is 1. The van der Waals surface area contributed by atoms with Gasteiger partial charge in [0.15, 0.2) is 0 Å². The van der Waals surface area contributed by atoms with Crippen LogP contribution >= 0.6 is 0 Å². The molecule has 2 aromatic carbocycles. The van der Waals surface area contributed by atoms with Crippen LogP contribution in [-0.2, 0) is 20.2 Å². The van der Waals surface area contributed by atoms with Gasteiger partial charge in [0.05, 0.1) is 25.4 Å². The van der Waals surface area contributed by atoms with E-state index in [1.165, 1.54) is 0 Å². The number of likely N-dealkylation sites (N-methyl/N-ethyl adjacent to an activating group) is 1. The van der Waals surface area contributed by atoms with Crippen LogP contribution < -0.4 is 9.64 Å². The zero-order valence-corrected chi connectivity index (χ0v) is 18.6. The molecular formula is C25H27N5O2. The molecule has 0 saturated carbocycles. The van der Waals surface area contributed by atoms with Gasteiger partial charge in [-0.25, -0.2) is 0 Å². The Morgan fingerprint density at radius 2 is 1.91 bits per heavy atom. The molecule has 0 unspecified atom stereocenters. The van der Waals surface area contributed by atoms with Gasteiger partial charge >= 0.3 is 0 Å². The van der Waals surface area contributed by atoms with Crippen LogP contribution in [-0.4, -0.2) is 52.0 Å². The molecule has 0 atom stereocenters. The summed E-state index contributed by atoms with van der Waals surface area (Å²) in [4.78, 5) is 9.27. The number of nitrogens with zero attached hydrogens (tertiary/aromatic N) is 5. The summed E-state index contributed by atoms with van der Waals surface area (Å²) in [6.45, 7) is 2.51. The largest absolute Gasteiger partial charge is 0.497 e. The lowest BCUT2D eigenvalue weighted by atomic mass is 10.0. The number of methoxy groups -OCH3 is 1. The first-order valence-corrected chi connectivity index (χ1v) is 10.7. The average Bonchev–Trinajstić information content (AvgIpc) is 3.17. The van der Waals surface area contributed by atoms with Crippen LogP contribution in [0, 0.1) is 0 Å². The van der Waals surface area contributed by atoms with E-state index in [0.717, 1.165) is 69.9 Å². The van der Waals surface area contributed by atoms with Crippen molar-refractivity contribution >= 4 is 22.3 Å². The highest BCUT2D eigenvalue weighted by Gasteiger charge is 2.23. The molecule has 2 aromatic heterocycles. The summed E-state index contributed by atoms with van der Waals surface area (Å²) in [6.07, 6.45) is 5.75. The molecule has 1 aliphatic rings. The number of rotatable bonds is 4. The fraction of sp³-hybridized carbons (Fsp3) is 0.280. The summed E-state index contributed by atoms with van der Waals surface area (Å²) in [5.41, 5.74) is 7.25. The molecule has 32 heavy (non-hydrogen) atoms. The van der Waals surface area contributed by atoms with Gasteiger partial charge in [-0.1, -0.05) is 0 Å². The lowest BCUT2D eigenvalue weighted by Crippen LogP contribution is -2.26. The van der Waals surface area contributed by atoms with Crippen LogP contribution in [0.4, 0.5) is 11.4 Å². The quantitative estimate of drug-likeness (QED) is 0.533. The third-order valence-electron chi connectivity index (χ3n) is 6.14. The summed E-state index contributed by atoms with van der Waals surface area (Å²) >= 11 is 0. The van der Waals surface area contributed by atoms with Crippen molar-refractivity contribution in [1.82, 2.24) is 19.7 Å². The molecule has 0 amide bonds. The van der Waals surface area contributed by atoms with Gasteiger partial charge in [-0.2, -0.15) is 5.10 Å². The minimum atomic E-state index is -0.0165. The van der Waals surface area contributed by atoms with Crippen molar-refractivity contribution in [2.45, 2.75) is 13.2 Å². The smallest absolute Gasteiger partial charge is 0.121 e. The topological polar surface area (TPSA) is 66.7 Å². The molecular weight excluding hydrogens is 402 g/mol. The maximum absolute atomic E-state index is 10.0. The van der Waals surface area contributed by atoms with Crippen molar-refractivity contribution < 1.29 is 9.84 Å². The number of benzene rings is 2. The van der Waals surface area contributed by atoms with E-state index in [-0.39, 0.29) is 6.61 Å². The van der Waals surface area contributed by atoms with Gasteiger partial charge in [0.1, 0.15) is 5.75 Å². The first-order chi connectivity index (χ1) is 15.6. The summed E-state index contributed by atoms with van der Waals surface area (Å²) in [7, 11) is 5.69. The number of hydrogen-bond donors (Lipinski definition) is 1. The highest BCUT2D eigenvalue weighted by Crippen LogP contribution is 2.38. The number of fused-ring (bicyclic) bond motifs is 2. The van der Waals surface area contributed by atoms with Crippen LogP contribution in [0.2, 0.25) is 0 Å². The molecule has 0 aliphatic carbocycles. The maximum atomic E-state index is 10.0. The fourth-order valence-electron chi connectivity index (χ4n) is 4.39. The van der Waals surface area contributed by atoms with Crippen molar-refractivity contribution in [1.29, 1.82) is 0 Å². The summed E-state index contributed by atoms with van der Waals surface area (Å²) in [6, 6.07) is 12.5. The van der Waals surface area contributed by atoms with Crippen LogP contribution in [0.25, 0.3) is 22.0 Å². The van der Waals surface area contributed by atoms with Gasteiger partial charge in [0.25, 0.3) is 0 Å². The van der Waals surface area contributed by atoms with E-state index in [0.29, 0.717) is 0 Å². The van der Waals surface area contributed by atoms with E-state index in [2.05, 4.69) is 57.3 Å². The van der Waals surface area contributed by atoms with Gasteiger partial charge in [-0.15, -0.1) is 0 Å². The molecule has 1 N–H and O–H groups in total. The number of pyridine rings is 1. The second-order valence-electron chi connectivity index (χ2n) is 8.34. The Morgan fingerprint density at radius 1 is 1.03 bits per heavy atom. The van der Waals surface area contributed by atoms with E-state index >= 15 is 0 Å². The third-order valence-corrected chi connectivity index (χ3v) is 6.14. The van der Waals surface area contributed by atoms with Gasteiger partial charge < -0.3 is 19.6 Å².